The summed E-state index contributed by atoms with van der Waals surface area (Å²) in [5.74, 6) is -4.29. The van der Waals surface area contributed by atoms with Gasteiger partial charge in [-0.3, -0.25) is 28.5 Å². The quantitative estimate of drug-likeness (QED) is 0.109. The molecule has 0 bridgehead atoms. The normalized spacial score (nSPS) is 14.4. The summed E-state index contributed by atoms with van der Waals surface area (Å²) in [5.41, 5.74) is -0.488. The first-order valence-electron chi connectivity index (χ1n) is 16.1. The maximum Gasteiger partial charge on any atom is 0.347 e. The summed E-state index contributed by atoms with van der Waals surface area (Å²) in [6.07, 6.45) is 0.165. The van der Waals surface area contributed by atoms with E-state index in [0.29, 0.717) is 17.5 Å². The molecule has 270 valence electrons. The molecule has 0 aliphatic rings. The second-order valence-electron chi connectivity index (χ2n) is 14.2. The van der Waals surface area contributed by atoms with Gasteiger partial charge in [0.1, 0.15) is 29.4 Å². The first kappa shape index (κ1) is 41.1. The zero-order chi connectivity index (χ0) is 37.3. The molecule has 0 aliphatic carbocycles. The van der Waals surface area contributed by atoms with Crippen molar-refractivity contribution in [1.29, 1.82) is 0 Å². The number of hydrogen-bond acceptors (Lipinski definition) is 8. The number of rotatable bonds is 14. The first-order valence-corrected chi connectivity index (χ1v) is 17.7. The molecule has 4 atom stereocenters. The molecule has 0 fully saturated rings. The van der Waals surface area contributed by atoms with E-state index in [2.05, 4.69) is 16.0 Å². The summed E-state index contributed by atoms with van der Waals surface area (Å²) < 4.78 is 23.3. The van der Waals surface area contributed by atoms with Crippen molar-refractivity contribution >= 4 is 37.3 Å². The molecular formula is C35H50N3O10P. The highest BCUT2D eigenvalue weighted by Gasteiger charge is 2.35. The van der Waals surface area contributed by atoms with E-state index >= 15 is 0 Å². The average Bonchev–Trinajstić information content (AvgIpc) is 2.98. The smallest absolute Gasteiger partial charge is 0.347 e. The summed E-state index contributed by atoms with van der Waals surface area (Å²) in [4.78, 5) is 84.0. The lowest BCUT2D eigenvalue weighted by atomic mass is 9.97. The fourth-order valence-electron chi connectivity index (χ4n) is 4.28. The molecule has 49 heavy (non-hydrogen) atoms. The molecule has 14 heteroatoms. The topological polar surface area (TPSA) is 197 Å². The lowest BCUT2D eigenvalue weighted by molar-refractivity contribution is -0.143. The van der Waals surface area contributed by atoms with Crippen LogP contribution in [-0.4, -0.2) is 57.3 Å². The molecule has 0 saturated heterocycles. The van der Waals surface area contributed by atoms with Crippen LogP contribution in [-0.2, 0) is 41.4 Å². The van der Waals surface area contributed by atoms with E-state index in [0.717, 1.165) is 0 Å². The van der Waals surface area contributed by atoms with Gasteiger partial charge in [0.25, 0.3) is 0 Å². The number of nitrogens with one attached hydrogen (secondary N) is 3. The minimum Gasteiger partial charge on any atom is -0.426 e. The van der Waals surface area contributed by atoms with Crippen LogP contribution in [0.4, 0.5) is 0 Å². The van der Waals surface area contributed by atoms with Crippen molar-refractivity contribution in [2.75, 3.05) is 0 Å². The fraction of sp³-hybridized carbons (Fsp3) is 0.514. The zero-order valence-corrected chi connectivity index (χ0v) is 30.6. The van der Waals surface area contributed by atoms with E-state index < -0.39 is 66.0 Å². The van der Waals surface area contributed by atoms with Gasteiger partial charge < -0.3 is 35.2 Å². The number of carbonyl (C=O) groups excluding carboxylic acids is 5. The van der Waals surface area contributed by atoms with Crippen molar-refractivity contribution in [1.82, 2.24) is 16.0 Å². The molecule has 2 aromatic carbocycles. The van der Waals surface area contributed by atoms with Gasteiger partial charge in [-0.15, -0.1) is 0 Å². The molecule has 0 spiro atoms. The third kappa shape index (κ3) is 13.4. The van der Waals surface area contributed by atoms with E-state index in [1.165, 1.54) is 43.3 Å². The van der Waals surface area contributed by atoms with Crippen molar-refractivity contribution in [2.45, 2.75) is 99.4 Å². The first-order chi connectivity index (χ1) is 22.5. The number of benzene rings is 2. The summed E-state index contributed by atoms with van der Waals surface area (Å²) in [6, 6.07) is 10.0. The second-order valence-corrected chi connectivity index (χ2v) is 16.0. The highest BCUT2D eigenvalue weighted by molar-refractivity contribution is 7.52. The lowest BCUT2D eigenvalue weighted by Crippen LogP contribution is -2.57. The van der Waals surface area contributed by atoms with Crippen molar-refractivity contribution < 1.29 is 47.8 Å². The third-order valence-corrected chi connectivity index (χ3v) is 8.69. The Bertz CT molecular complexity index is 1520. The van der Waals surface area contributed by atoms with Gasteiger partial charge in [-0.25, -0.2) is 0 Å². The standard InChI is InChI=1S/C35H50N3O10P/c1-10-21(2)29(36-22(3)39)31(41)37-27(19-23-11-15-25(16-12-23)47-32(42)34(4,5)6)30(40)38-28(49(44,45)46)20-24-13-17-26(18-14-24)48-33(43)35(7,8)9/h11-18,21,27-29H,10,19-20H2,1-9H3,(H,36,39)(H,37,41)(H,38,40)(H2,44,45,46)/t21-,27-,28+,29-/m0/s1. The van der Waals surface area contributed by atoms with Crippen LogP contribution >= 0.6 is 7.60 Å². The third-order valence-electron chi connectivity index (χ3n) is 7.56. The number of esters is 2. The molecule has 0 aliphatic heterocycles. The summed E-state index contributed by atoms with van der Waals surface area (Å²) in [7, 11) is -4.94. The largest absolute Gasteiger partial charge is 0.426 e. The Balaban J connectivity index is 2.36. The van der Waals surface area contributed by atoms with Crippen LogP contribution in [0.2, 0.25) is 0 Å². The molecule has 13 nitrogen and oxygen atoms in total. The Morgan fingerprint density at radius 1 is 0.714 bits per heavy atom. The summed E-state index contributed by atoms with van der Waals surface area (Å²) >= 11 is 0. The Morgan fingerprint density at radius 3 is 1.51 bits per heavy atom. The summed E-state index contributed by atoms with van der Waals surface area (Å²) in [5, 5.41) is 7.69. The number of hydrogen-bond donors (Lipinski definition) is 5. The molecule has 0 heterocycles. The van der Waals surface area contributed by atoms with Crippen molar-refractivity contribution in [2.24, 2.45) is 16.7 Å². The molecule has 0 unspecified atom stereocenters. The Morgan fingerprint density at radius 2 is 1.14 bits per heavy atom. The van der Waals surface area contributed by atoms with Crippen molar-refractivity contribution in [3.05, 3.63) is 59.7 Å². The molecule has 2 rings (SSSR count). The number of amides is 3. The Hall–Kier alpha value is -4.06. The van der Waals surface area contributed by atoms with Crippen LogP contribution in [0.3, 0.4) is 0 Å². The van der Waals surface area contributed by atoms with Gasteiger partial charge in [-0.05, 0) is 82.9 Å². The Labute approximate surface area is 288 Å². The van der Waals surface area contributed by atoms with Gasteiger partial charge in [-0.1, -0.05) is 44.5 Å². The van der Waals surface area contributed by atoms with Crippen LogP contribution in [0.25, 0.3) is 0 Å². The maximum atomic E-state index is 13.7. The van der Waals surface area contributed by atoms with Crippen molar-refractivity contribution in [3.8, 4) is 11.5 Å². The Kier molecular flexibility index (Phi) is 14.3. The molecule has 5 N–H and O–H groups in total. The van der Waals surface area contributed by atoms with Crippen LogP contribution in [0, 0.1) is 16.7 Å². The fourth-order valence-corrected chi connectivity index (χ4v) is 5.02. The van der Waals surface area contributed by atoms with Gasteiger partial charge in [0.2, 0.25) is 17.7 Å². The van der Waals surface area contributed by atoms with Crippen LogP contribution in [0.1, 0.15) is 79.9 Å². The van der Waals surface area contributed by atoms with Gasteiger partial charge in [0.05, 0.1) is 10.8 Å². The predicted molar refractivity (Wildman–Crippen MR) is 183 cm³/mol. The van der Waals surface area contributed by atoms with Crippen LogP contribution < -0.4 is 25.4 Å². The van der Waals surface area contributed by atoms with Gasteiger partial charge in [-0.2, -0.15) is 0 Å². The van der Waals surface area contributed by atoms with Crippen LogP contribution in [0.15, 0.2) is 48.5 Å². The highest BCUT2D eigenvalue weighted by atomic mass is 31.2. The maximum absolute atomic E-state index is 13.7. The minimum absolute atomic E-state index is 0.0971. The molecule has 0 aromatic heterocycles. The van der Waals surface area contributed by atoms with Gasteiger partial charge in [0.15, 0.2) is 0 Å². The number of carbonyl (C=O) groups is 5. The monoisotopic (exact) mass is 703 g/mol. The molecule has 3 amide bonds. The van der Waals surface area contributed by atoms with E-state index in [9.17, 15) is 38.3 Å². The molecule has 0 radical (unpaired) electrons. The van der Waals surface area contributed by atoms with Crippen LogP contribution in [0.5, 0.6) is 11.5 Å². The second kappa shape index (κ2) is 17.0. The highest BCUT2D eigenvalue weighted by Crippen LogP contribution is 2.41. The minimum atomic E-state index is -4.94. The lowest BCUT2D eigenvalue weighted by Gasteiger charge is -2.28. The van der Waals surface area contributed by atoms with Crippen molar-refractivity contribution in [3.63, 3.8) is 0 Å². The predicted octanol–water partition coefficient (Wildman–Crippen LogP) is 4.03. The van der Waals surface area contributed by atoms with Gasteiger partial charge >= 0.3 is 19.5 Å². The van der Waals surface area contributed by atoms with E-state index in [1.807, 2.05) is 6.92 Å². The van der Waals surface area contributed by atoms with E-state index in [1.54, 1.807) is 60.6 Å². The summed E-state index contributed by atoms with van der Waals surface area (Å²) in [6.45, 7) is 15.1. The zero-order valence-electron chi connectivity index (χ0n) is 29.7. The van der Waals surface area contributed by atoms with Gasteiger partial charge in [0, 0.05) is 19.8 Å². The number of ether oxygens (including phenoxy) is 2. The molecular weight excluding hydrogens is 653 g/mol. The SMILES string of the molecule is CC[C@H](C)[C@H](NC(C)=O)C(=O)N[C@@H](Cc1ccc(OC(=O)C(C)(C)C)cc1)C(=O)N[C@@H](Cc1ccc(OC(=O)C(C)(C)C)cc1)P(=O)(O)O. The molecule has 2 aromatic rings. The van der Waals surface area contributed by atoms with E-state index in [4.69, 9.17) is 9.47 Å². The average molecular weight is 704 g/mol. The molecule has 0 saturated carbocycles. The van der Waals surface area contributed by atoms with E-state index in [-0.39, 0.29) is 30.3 Å².